The SMILES string of the molecule is O=C(O)c1nccc(CBr)n1. The van der Waals surface area contributed by atoms with E-state index in [-0.39, 0.29) is 5.82 Å². The number of halogens is 1. The second-order valence-electron chi connectivity index (χ2n) is 1.81. The van der Waals surface area contributed by atoms with E-state index < -0.39 is 5.97 Å². The standard InChI is InChI=1S/C6H5BrN2O2/c7-3-4-1-2-8-5(9-4)6(10)11/h1-2H,3H2,(H,10,11). The molecule has 0 bridgehead atoms. The number of rotatable bonds is 2. The van der Waals surface area contributed by atoms with Crippen molar-refractivity contribution in [1.29, 1.82) is 0 Å². The zero-order valence-corrected chi connectivity index (χ0v) is 7.08. The Balaban J connectivity index is 3.01. The normalized spacial score (nSPS) is 9.55. The molecule has 4 nitrogen and oxygen atoms in total. The highest BCUT2D eigenvalue weighted by Crippen LogP contribution is 2.00. The van der Waals surface area contributed by atoms with Crippen LogP contribution in [0.25, 0.3) is 0 Å². The highest BCUT2D eigenvalue weighted by Gasteiger charge is 2.05. The van der Waals surface area contributed by atoms with Gasteiger partial charge in [0.25, 0.3) is 0 Å². The van der Waals surface area contributed by atoms with E-state index in [0.717, 1.165) is 0 Å². The molecular formula is C6H5BrN2O2. The third kappa shape index (κ3) is 1.98. The van der Waals surface area contributed by atoms with E-state index in [1.165, 1.54) is 6.20 Å². The Morgan fingerprint density at radius 3 is 3.00 bits per heavy atom. The van der Waals surface area contributed by atoms with Gasteiger partial charge in [0.05, 0.1) is 5.69 Å². The fraction of sp³-hybridized carbons (Fsp3) is 0.167. The molecule has 58 valence electrons. The lowest BCUT2D eigenvalue weighted by Crippen LogP contribution is -2.04. The Morgan fingerprint density at radius 1 is 1.73 bits per heavy atom. The van der Waals surface area contributed by atoms with E-state index in [2.05, 4.69) is 25.9 Å². The number of carboxylic acids is 1. The Kier molecular flexibility index (Phi) is 2.53. The molecule has 0 aliphatic heterocycles. The molecule has 0 aliphatic rings. The summed E-state index contributed by atoms with van der Waals surface area (Å²) < 4.78 is 0. The summed E-state index contributed by atoms with van der Waals surface area (Å²) in [7, 11) is 0. The molecule has 0 saturated heterocycles. The van der Waals surface area contributed by atoms with Gasteiger partial charge in [-0.1, -0.05) is 15.9 Å². The van der Waals surface area contributed by atoms with Crippen molar-refractivity contribution in [3.8, 4) is 0 Å². The van der Waals surface area contributed by atoms with E-state index in [1.807, 2.05) is 0 Å². The van der Waals surface area contributed by atoms with Gasteiger partial charge in [-0.3, -0.25) is 0 Å². The summed E-state index contributed by atoms with van der Waals surface area (Å²) >= 11 is 3.16. The first-order valence-electron chi connectivity index (χ1n) is 2.85. The third-order valence-corrected chi connectivity index (χ3v) is 1.62. The van der Waals surface area contributed by atoms with Gasteiger partial charge in [-0.2, -0.15) is 0 Å². The molecular weight excluding hydrogens is 212 g/mol. The van der Waals surface area contributed by atoms with Gasteiger partial charge in [-0.15, -0.1) is 0 Å². The summed E-state index contributed by atoms with van der Waals surface area (Å²) in [6.45, 7) is 0. The number of carboxylic acid groups (broad SMARTS) is 1. The van der Waals surface area contributed by atoms with Crippen LogP contribution in [0.15, 0.2) is 12.3 Å². The van der Waals surface area contributed by atoms with Gasteiger partial charge in [0, 0.05) is 11.5 Å². The highest BCUT2D eigenvalue weighted by atomic mass is 79.9. The monoisotopic (exact) mass is 216 g/mol. The van der Waals surface area contributed by atoms with E-state index in [4.69, 9.17) is 5.11 Å². The number of hydrogen-bond acceptors (Lipinski definition) is 3. The second-order valence-corrected chi connectivity index (χ2v) is 2.37. The van der Waals surface area contributed by atoms with Crippen molar-refractivity contribution in [2.24, 2.45) is 0 Å². The largest absolute Gasteiger partial charge is 0.475 e. The Hall–Kier alpha value is -0.970. The van der Waals surface area contributed by atoms with E-state index in [9.17, 15) is 4.79 Å². The summed E-state index contributed by atoms with van der Waals surface area (Å²) in [6.07, 6.45) is 1.42. The van der Waals surface area contributed by atoms with Crippen LogP contribution in [0.5, 0.6) is 0 Å². The lowest BCUT2D eigenvalue weighted by Gasteiger charge is -1.94. The minimum Gasteiger partial charge on any atom is -0.475 e. The minimum atomic E-state index is -1.10. The van der Waals surface area contributed by atoms with Crippen LogP contribution in [0.4, 0.5) is 0 Å². The molecule has 1 heterocycles. The van der Waals surface area contributed by atoms with Gasteiger partial charge in [0.15, 0.2) is 0 Å². The predicted octanol–water partition coefficient (Wildman–Crippen LogP) is 1.07. The number of hydrogen-bond donors (Lipinski definition) is 1. The summed E-state index contributed by atoms with van der Waals surface area (Å²) in [4.78, 5) is 17.6. The Morgan fingerprint density at radius 2 is 2.45 bits per heavy atom. The first-order valence-corrected chi connectivity index (χ1v) is 3.97. The van der Waals surface area contributed by atoms with Gasteiger partial charge in [0.1, 0.15) is 0 Å². The fourth-order valence-electron chi connectivity index (χ4n) is 0.574. The average molecular weight is 217 g/mol. The van der Waals surface area contributed by atoms with Crippen molar-refractivity contribution in [3.05, 3.63) is 23.8 Å². The molecule has 11 heavy (non-hydrogen) atoms. The molecule has 0 unspecified atom stereocenters. The quantitative estimate of drug-likeness (QED) is 0.752. The first kappa shape index (κ1) is 8.13. The lowest BCUT2D eigenvalue weighted by molar-refractivity contribution is 0.0683. The van der Waals surface area contributed by atoms with Crippen LogP contribution < -0.4 is 0 Å². The molecule has 0 atom stereocenters. The fourth-order valence-corrected chi connectivity index (χ4v) is 0.886. The lowest BCUT2D eigenvalue weighted by atomic mass is 10.4. The van der Waals surface area contributed by atoms with Crippen LogP contribution >= 0.6 is 15.9 Å². The van der Waals surface area contributed by atoms with Crippen molar-refractivity contribution in [2.45, 2.75) is 5.33 Å². The highest BCUT2D eigenvalue weighted by molar-refractivity contribution is 9.08. The molecule has 0 saturated carbocycles. The van der Waals surface area contributed by atoms with Gasteiger partial charge in [-0.25, -0.2) is 14.8 Å². The molecule has 0 fully saturated rings. The van der Waals surface area contributed by atoms with Crippen molar-refractivity contribution >= 4 is 21.9 Å². The van der Waals surface area contributed by atoms with Crippen LogP contribution in [0.3, 0.4) is 0 Å². The minimum absolute atomic E-state index is 0.165. The molecule has 1 aromatic heterocycles. The van der Waals surface area contributed by atoms with Crippen LogP contribution in [-0.4, -0.2) is 21.0 Å². The van der Waals surface area contributed by atoms with E-state index >= 15 is 0 Å². The second kappa shape index (κ2) is 3.43. The molecule has 0 aromatic carbocycles. The van der Waals surface area contributed by atoms with Crippen LogP contribution in [-0.2, 0) is 5.33 Å². The summed E-state index contributed by atoms with van der Waals surface area (Å²) in [6, 6.07) is 1.65. The number of aromatic carboxylic acids is 1. The molecule has 5 heteroatoms. The van der Waals surface area contributed by atoms with Crippen molar-refractivity contribution in [3.63, 3.8) is 0 Å². The number of nitrogens with zero attached hydrogens (tertiary/aromatic N) is 2. The third-order valence-electron chi connectivity index (χ3n) is 1.04. The van der Waals surface area contributed by atoms with Gasteiger partial charge in [-0.05, 0) is 6.07 Å². The van der Waals surface area contributed by atoms with Gasteiger partial charge in [0.2, 0.25) is 5.82 Å². The van der Waals surface area contributed by atoms with Crippen molar-refractivity contribution in [2.75, 3.05) is 0 Å². The molecule has 0 radical (unpaired) electrons. The number of aromatic nitrogens is 2. The smallest absolute Gasteiger partial charge is 0.373 e. The molecule has 0 amide bonds. The molecule has 0 spiro atoms. The molecule has 0 aliphatic carbocycles. The molecule has 1 N–H and O–H groups in total. The topological polar surface area (TPSA) is 63.1 Å². The first-order chi connectivity index (χ1) is 5.24. The van der Waals surface area contributed by atoms with Crippen LogP contribution in [0, 0.1) is 0 Å². The van der Waals surface area contributed by atoms with Crippen LogP contribution in [0.2, 0.25) is 0 Å². The summed E-state index contributed by atoms with van der Waals surface area (Å²) in [5.41, 5.74) is 0.664. The summed E-state index contributed by atoms with van der Waals surface area (Å²) in [5.74, 6) is -1.27. The maximum absolute atomic E-state index is 10.3. The maximum atomic E-state index is 10.3. The van der Waals surface area contributed by atoms with Gasteiger partial charge < -0.3 is 5.11 Å². The van der Waals surface area contributed by atoms with E-state index in [1.54, 1.807) is 6.07 Å². The zero-order chi connectivity index (χ0) is 8.27. The predicted molar refractivity (Wildman–Crippen MR) is 41.6 cm³/mol. The summed E-state index contributed by atoms with van der Waals surface area (Å²) in [5, 5.41) is 9.00. The Labute approximate surface area is 71.4 Å². The average Bonchev–Trinajstić information content (AvgIpc) is 2.05. The Bertz CT molecular complexity index is 277. The van der Waals surface area contributed by atoms with Crippen molar-refractivity contribution in [1.82, 2.24) is 9.97 Å². The zero-order valence-electron chi connectivity index (χ0n) is 5.49. The van der Waals surface area contributed by atoms with Crippen LogP contribution in [0.1, 0.15) is 16.3 Å². The van der Waals surface area contributed by atoms with Crippen molar-refractivity contribution < 1.29 is 9.90 Å². The number of carbonyl (C=O) groups is 1. The number of alkyl halides is 1. The maximum Gasteiger partial charge on any atom is 0.373 e. The van der Waals surface area contributed by atoms with Gasteiger partial charge >= 0.3 is 5.97 Å². The molecule has 1 aromatic rings. The molecule has 1 rings (SSSR count). The van der Waals surface area contributed by atoms with E-state index in [0.29, 0.717) is 11.0 Å².